The normalized spacial score (nSPS) is 11.5. The average Bonchev–Trinajstić information content (AvgIpc) is 3.21. The zero-order valence-corrected chi connectivity index (χ0v) is 19.2. The van der Waals surface area contributed by atoms with Crippen LogP contribution in [0.2, 0.25) is 10.0 Å². The molecule has 1 unspecified atom stereocenters. The van der Waals surface area contributed by atoms with E-state index in [1.54, 1.807) is 30.3 Å². The van der Waals surface area contributed by atoms with Crippen LogP contribution in [0.15, 0.2) is 42.5 Å². The summed E-state index contributed by atoms with van der Waals surface area (Å²) in [5, 5.41) is 13.5. The Kier molecular flexibility index (Phi) is 7.25. The summed E-state index contributed by atoms with van der Waals surface area (Å²) in [5.74, 6) is -2.90. The van der Waals surface area contributed by atoms with Crippen molar-refractivity contribution in [2.24, 2.45) is 0 Å². The van der Waals surface area contributed by atoms with Gasteiger partial charge in [-0.15, -0.1) is 0 Å². The number of carbonyl (C=O) groups excluding carboxylic acids is 2. The SMILES string of the molecule is COC(=O)c1c(-c2cc(Cl)c(OC(C)C(=O)O)c(Cl)c2)nn(-c2ccccc2)c1C(=O)OC. The predicted molar refractivity (Wildman–Crippen MR) is 119 cm³/mol. The Morgan fingerprint density at radius 2 is 1.58 bits per heavy atom. The molecule has 1 N–H and O–H groups in total. The zero-order valence-electron chi connectivity index (χ0n) is 17.7. The van der Waals surface area contributed by atoms with Gasteiger partial charge >= 0.3 is 17.9 Å². The van der Waals surface area contributed by atoms with E-state index in [9.17, 15) is 14.4 Å². The molecule has 0 amide bonds. The molecule has 0 bridgehead atoms. The largest absolute Gasteiger partial charge is 0.479 e. The molecule has 1 aromatic heterocycles. The van der Waals surface area contributed by atoms with Crippen molar-refractivity contribution in [2.75, 3.05) is 14.2 Å². The van der Waals surface area contributed by atoms with Gasteiger partial charge in [-0.05, 0) is 31.2 Å². The molecular weight excluding hydrogens is 475 g/mol. The fraction of sp³-hybridized carbons (Fsp3) is 0.182. The summed E-state index contributed by atoms with van der Waals surface area (Å²) < 4.78 is 16.4. The highest BCUT2D eigenvalue weighted by Crippen LogP contribution is 2.39. The summed E-state index contributed by atoms with van der Waals surface area (Å²) in [6.07, 6.45) is -1.21. The van der Waals surface area contributed by atoms with E-state index in [2.05, 4.69) is 5.10 Å². The van der Waals surface area contributed by atoms with E-state index >= 15 is 0 Å². The monoisotopic (exact) mass is 492 g/mol. The lowest BCUT2D eigenvalue weighted by atomic mass is 10.1. The Balaban J connectivity index is 2.27. The lowest BCUT2D eigenvalue weighted by Crippen LogP contribution is -2.23. The summed E-state index contributed by atoms with van der Waals surface area (Å²) in [5.41, 5.74) is 0.487. The second kappa shape index (κ2) is 9.93. The third kappa shape index (κ3) is 4.79. The number of nitrogens with zero attached hydrogens (tertiary/aromatic N) is 2. The Labute approximate surface area is 198 Å². The van der Waals surface area contributed by atoms with Crippen molar-refractivity contribution in [1.29, 1.82) is 0 Å². The first kappa shape index (κ1) is 24.1. The highest BCUT2D eigenvalue weighted by atomic mass is 35.5. The molecule has 9 nitrogen and oxygen atoms in total. The summed E-state index contributed by atoms with van der Waals surface area (Å²) in [7, 11) is 2.34. The van der Waals surface area contributed by atoms with Gasteiger partial charge in [0.2, 0.25) is 0 Å². The van der Waals surface area contributed by atoms with Crippen molar-refractivity contribution in [3.8, 4) is 22.7 Å². The molecule has 1 heterocycles. The van der Waals surface area contributed by atoms with Crippen molar-refractivity contribution in [1.82, 2.24) is 9.78 Å². The first-order chi connectivity index (χ1) is 15.7. The van der Waals surface area contributed by atoms with E-state index in [1.165, 1.54) is 30.8 Å². The second-order valence-corrected chi connectivity index (χ2v) is 7.48. The summed E-state index contributed by atoms with van der Waals surface area (Å²) in [6, 6.07) is 11.4. The molecule has 0 aliphatic rings. The molecule has 3 rings (SSSR count). The Morgan fingerprint density at radius 3 is 2.09 bits per heavy atom. The molecular formula is C22H18Cl2N2O7. The molecule has 0 saturated carbocycles. The molecule has 0 aliphatic heterocycles. The topological polar surface area (TPSA) is 117 Å². The third-order valence-electron chi connectivity index (χ3n) is 4.57. The fourth-order valence-electron chi connectivity index (χ4n) is 2.99. The van der Waals surface area contributed by atoms with Crippen LogP contribution >= 0.6 is 23.2 Å². The zero-order chi connectivity index (χ0) is 24.3. The number of carboxylic acid groups (broad SMARTS) is 1. The number of ether oxygens (including phenoxy) is 3. The van der Waals surface area contributed by atoms with Crippen LogP contribution in [0.1, 0.15) is 27.8 Å². The molecule has 11 heteroatoms. The smallest absolute Gasteiger partial charge is 0.357 e. The summed E-state index contributed by atoms with van der Waals surface area (Å²) in [4.78, 5) is 36.5. The Morgan fingerprint density at radius 1 is 1.00 bits per heavy atom. The van der Waals surface area contributed by atoms with E-state index in [1.807, 2.05) is 0 Å². The molecule has 172 valence electrons. The number of rotatable bonds is 7. The van der Waals surface area contributed by atoms with Gasteiger partial charge in [0.1, 0.15) is 11.3 Å². The van der Waals surface area contributed by atoms with Crippen molar-refractivity contribution in [3.05, 3.63) is 63.8 Å². The van der Waals surface area contributed by atoms with Crippen molar-refractivity contribution in [3.63, 3.8) is 0 Å². The molecule has 2 aromatic carbocycles. The molecule has 0 fully saturated rings. The number of carboxylic acids is 1. The lowest BCUT2D eigenvalue weighted by molar-refractivity contribution is -0.144. The number of aromatic nitrogens is 2. The number of hydrogen-bond donors (Lipinski definition) is 1. The van der Waals surface area contributed by atoms with Gasteiger partial charge in [0.05, 0.1) is 30.0 Å². The van der Waals surface area contributed by atoms with Crippen LogP contribution in [0.5, 0.6) is 5.75 Å². The second-order valence-electron chi connectivity index (χ2n) is 6.67. The molecule has 3 aromatic rings. The predicted octanol–water partition coefficient (Wildman–Crippen LogP) is 4.27. The minimum absolute atomic E-state index is 0.0182. The fourth-order valence-corrected chi connectivity index (χ4v) is 3.57. The van der Waals surface area contributed by atoms with Gasteiger partial charge in [-0.1, -0.05) is 41.4 Å². The highest BCUT2D eigenvalue weighted by Gasteiger charge is 2.32. The van der Waals surface area contributed by atoms with Crippen molar-refractivity contribution in [2.45, 2.75) is 13.0 Å². The molecule has 0 spiro atoms. The van der Waals surface area contributed by atoms with E-state index in [-0.39, 0.29) is 38.3 Å². The van der Waals surface area contributed by atoms with Crippen LogP contribution in [0.25, 0.3) is 16.9 Å². The van der Waals surface area contributed by atoms with Gasteiger partial charge in [0.25, 0.3) is 0 Å². The van der Waals surface area contributed by atoms with Crippen LogP contribution < -0.4 is 4.74 Å². The Hall–Kier alpha value is -3.56. The van der Waals surface area contributed by atoms with Crippen LogP contribution in [0, 0.1) is 0 Å². The van der Waals surface area contributed by atoms with E-state index in [0.29, 0.717) is 5.69 Å². The first-order valence-corrected chi connectivity index (χ1v) is 10.2. The number of para-hydroxylation sites is 1. The quantitative estimate of drug-likeness (QED) is 0.485. The molecule has 33 heavy (non-hydrogen) atoms. The molecule has 0 saturated heterocycles. The van der Waals surface area contributed by atoms with Crippen molar-refractivity contribution >= 4 is 41.1 Å². The summed E-state index contributed by atoms with van der Waals surface area (Å²) in [6.45, 7) is 1.32. The molecule has 0 aliphatic carbocycles. The van der Waals surface area contributed by atoms with Gasteiger partial charge < -0.3 is 19.3 Å². The number of aliphatic carboxylic acids is 1. The lowest BCUT2D eigenvalue weighted by Gasteiger charge is -2.14. The maximum Gasteiger partial charge on any atom is 0.357 e. The van der Waals surface area contributed by atoms with Gasteiger partial charge in [-0.25, -0.2) is 19.1 Å². The Bertz CT molecular complexity index is 1200. The highest BCUT2D eigenvalue weighted by molar-refractivity contribution is 6.37. The molecule has 1 atom stereocenters. The number of benzene rings is 2. The maximum absolute atomic E-state index is 12.7. The average molecular weight is 493 g/mol. The number of hydrogen-bond acceptors (Lipinski definition) is 7. The number of halogens is 2. The van der Waals surface area contributed by atoms with Crippen LogP contribution in [0.3, 0.4) is 0 Å². The van der Waals surface area contributed by atoms with Gasteiger partial charge in [0.15, 0.2) is 17.5 Å². The minimum atomic E-state index is -1.21. The van der Waals surface area contributed by atoms with Crippen LogP contribution in [-0.4, -0.2) is 53.1 Å². The van der Waals surface area contributed by atoms with E-state index in [4.69, 9.17) is 42.5 Å². The standard InChI is InChI=1S/C22H18Cl2N2O7/c1-11(20(27)28)33-19-14(23)9-12(10-15(19)24)17-16(21(29)31-2)18(22(30)32-3)26(25-17)13-7-5-4-6-8-13/h4-11H,1-3H3,(H,27,28). The first-order valence-electron chi connectivity index (χ1n) is 9.43. The van der Waals surface area contributed by atoms with E-state index < -0.39 is 24.0 Å². The van der Waals surface area contributed by atoms with Crippen LogP contribution in [-0.2, 0) is 14.3 Å². The van der Waals surface area contributed by atoms with Crippen molar-refractivity contribution < 1.29 is 33.7 Å². The minimum Gasteiger partial charge on any atom is -0.479 e. The van der Waals surface area contributed by atoms with Gasteiger partial charge in [-0.3, -0.25) is 0 Å². The molecule has 0 radical (unpaired) electrons. The number of methoxy groups -OCH3 is 2. The third-order valence-corrected chi connectivity index (χ3v) is 5.13. The summed E-state index contributed by atoms with van der Waals surface area (Å²) >= 11 is 12.6. The number of esters is 2. The van der Waals surface area contributed by atoms with E-state index in [0.717, 1.165) is 7.11 Å². The van der Waals surface area contributed by atoms with Gasteiger partial charge in [0, 0.05) is 5.56 Å². The van der Waals surface area contributed by atoms with Gasteiger partial charge in [-0.2, -0.15) is 5.10 Å². The number of carbonyl (C=O) groups is 3. The van der Waals surface area contributed by atoms with Crippen LogP contribution in [0.4, 0.5) is 0 Å². The maximum atomic E-state index is 12.7.